The first kappa shape index (κ1) is 9.54. The summed E-state index contributed by atoms with van der Waals surface area (Å²) in [5.74, 6) is 0.737. The Morgan fingerprint density at radius 2 is 2.21 bits per heavy atom. The van der Waals surface area contributed by atoms with Gasteiger partial charge in [0.05, 0.1) is 19.3 Å². The standard InChI is InChI=1S/C8H14N4O2/c1-12-10-7(9-11-12)4-6(13)8(14)5-2-3-5/h5-6,8,13-14H,2-4H2,1H3. The monoisotopic (exact) mass is 198 g/mol. The van der Waals surface area contributed by atoms with Gasteiger partial charge in [-0.25, -0.2) is 0 Å². The molecule has 2 N–H and O–H groups in total. The molecule has 1 fully saturated rings. The van der Waals surface area contributed by atoms with Gasteiger partial charge in [0, 0.05) is 6.42 Å². The number of nitrogens with zero attached hydrogens (tertiary/aromatic N) is 4. The molecule has 6 nitrogen and oxygen atoms in total. The van der Waals surface area contributed by atoms with Crippen molar-refractivity contribution in [3.63, 3.8) is 0 Å². The zero-order chi connectivity index (χ0) is 10.1. The Labute approximate surface area is 81.6 Å². The van der Waals surface area contributed by atoms with Crippen LogP contribution in [0.3, 0.4) is 0 Å². The fraction of sp³-hybridized carbons (Fsp3) is 0.875. The van der Waals surface area contributed by atoms with Crippen molar-refractivity contribution in [3.05, 3.63) is 5.82 Å². The number of rotatable bonds is 4. The molecule has 1 aromatic heterocycles. The van der Waals surface area contributed by atoms with E-state index in [1.54, 1.807) is 7.05 Å². The van der Waals surface area contributed by atoms with E-state index < -0.39 is 12.2 Å². The lowest BCUT2D eigenvalue weighted by Crippen LogP contribution is -2.30. The molecule has 0 aromatic carbocycles. The Morgan fingerprint density at radius 3 is 2.71 bits per heavy atom. The van der Waals surface area contributed by atoms with Gasteiger partial charge in [0.25, 0.3) is 0 Å². The molecule has 2 atom stereocenters. The van der Waals surface area contributed by atoms with Crippen molar-refractivity contribution in [2.75, 3.05) is 0 Å². The molecular weight excluding hydrogens is 184 g/mol. The third-order valence-corrected chi connectivity index (χ3v) is 2.44. The van der Waals surface area contributed by atoms with E-state index in [1.165, 1.54) is 4.80 Å². The third kappa shape index (κ3) is 2.08. The molecule has 78 valence electrons. The zero-order valence-corrected chi connectivity index (χ0v) is 8.04. The van der Waals surface area contributed by atoms with Crippen LogP contribution in [-0.4, -0.2) is 42.6 Å². The highest BCUT2D eigenvalue weighted by atomic mass is 16.3. The van der Waals surface area contributed by atoms with E-state index in [4.69, 9.17) is 0 Å². The van der Waals surface area contributed by atoms with Crippen LogP contribution in [0.4, 0.5) is 0 Å². The van der Waals surface area contributed by atoms with Gasteiger partial charge in [-0.2, -0.15) is 4.80 Å². The molecule has 1 aliphatic rings. The highest BCUT2D eigenvalue weighted by Crippen LogP contribution is 2.34. The first-order chi connectivity index (χ1) is 6.66. The summed E-state index contributed by atoms with van der Waals surface area (Å²) in [5, 5.41) is 30.6. The Bertz CT molecular complexity index is 310. The number of tetrazole rings is 1. The Kier molecular flexibility index (Phi) is 2.47. The van der Waals surface area contributed by atoms with Crippen molar-refractivity contribution in [3.8, 4) is 0 Å². The topological polar surface area (TPSA) is 84.1 Å². The highest BCUT2D eigenvalue weighted by Gasteiger charge is 2.34. The molecule has 0 radical (unpaired) electrons. The minimum absolute atomic E-state index is 0.265. The number of aliphatic hydroxyl groups is 2. The normalized spacial score (nSPS) is 20.8. The first-order valence-electron chi connectivity index (χ1n) is 4.76. The number of aryl methyl sites for hydroxylation is 1. The molecule has 2 unspecified atom stereocenters. The van der Waals surface area contributed by atoms with Crippen LogP contribution < -0.4 is 0 Å². The van der Waals surface area contributed by atoms with E-state index in [1.807, 2.05) is 0 Å². The summed E-state index contributed by atoms with van der Waals surface area (Å²) in [6, 6.07) is 0. The minimum Gasteiger partial charge on any atom is -0.390 e. The fourth-order valence-electron chi connectivity index (χ4n) is 1.46. The van der Waals surface area contributed by atoms with Gasteiger partial charge in [-0.1, -0.05) is 0 Å². The lowest BCUT2D eigenvalue weighted by atomic mass is 10.1. The number of aromatic nitrogens is 4. The maximum absolute atomic E-state index is 9.62. The van der Waals surface area contributed by atoms with Gasteiger partial charge >= 0.3 is 0 Å². The number of hydrogen-bond acceptors (Lipinski definition) is 5. The van der Waals surface area contributed by atoms with Crippen molar-refractivity contribution < 1.29 is 10.2 Å². The largest absolute Gasteiger partial charge is 0.390 e. The number of aliphatic hydroxyl groups excluding tert-OH is 2. The molecule has 2 rings (SSSR count). The summed E-state index contributed by atoms with van der Waals surface area (Å²) in [6.07, 6.45) is 0.870. The van der Waals surface area contributed by atoms with Gasteiger partial charge in [-0.3, -0.25) is 0 Å². The lowest BCUT2D eigenvalue weighted by molar-refractivity contribution is 0.00564. The fourth-order valence-corrected chi connectivity index (χ4v) is 1.46. The van der Waals surface area contributed by atoms with Crippen LogP contribution in [0.2, 0.25) is 0 Å². The summed E-state index contributed by atoms with van der Waals surface area (Å²) >= 11 is 0. The molecule has 1 saturated carbocycles. The van der Waals surface area contributed by atoms with Crippen LogP contribution in [0.5, 0.6) is 0 Å². The summed E-state index contributed by atoms with van der Waals surface area (Å²) in [7, 11) is 1.67. The van der Waals surface area contributed by atoms with E-state index in [9.17, 15) is 10.2 Å². The lowest BCUT2D eigenvalue weighted by Gasteiger charge is -2.14. The van der Waals surface area contributed by atoms with Crippen LogP contribution >= 0.6 is 0 Å². The summed E-state index contributed by atoms with van der Waals surface area (Å²) in [6.45, 7) is 0. The Hall–Kier alpha value is -1.01. The Morgan fingerprint density at radius 1 is 1.50 bits per heavy atom. The average Bonchev–Trinajstić information content (AvgIpc) is 2.91. The highest BCUT2D eigenvalue weighted by molar-refractivity contribution is 4.90. The molecular formula is C8H14N4O2. The predicted molar refractivity (Wildman–Crippen MR) is 47.2 cm³/mol. The maximum Gasteiger partial charge on any atom is 0.177 e. The molecule has 1 aromatic rings. The van der Waals surface area contributed by atoms with Gasteiger partial charge in [0.2, 0.25) is 0 Å². The van der Waals surface area contributed by atoms with Gasteiger partial charge < -0.3 is 10.2 Å². The first-order valence-corrected chi connectivity index (χ1v) is 4.76. The second-order valence-corrected chi connectivity index (χ2v) is 3.79. The Balaban J connectivity index is 1.89. The van der Waals surface area contributed by atoms with Gasteiger partial charge in [0.15, 0.2) is 5.82 Å². The number of hydrogen-bond donors (Lipinski definition) is 2. The third-order valence-electron chi connectivity index (χ3n) is 2.44. The van der Waals surface area contributed by atoms with E-state index in [0.717, 1.165) is 12.8 Å². The second-order valence-electron chi connectivity index (χ2n) is 3.79. The molecule has 1 aliphatic carbocycles. The second kappa shape index (κ2) is 3.62. The van der Waals surface area contributed by atoms with Crippen molar-refractivity contribution in [2.24, 2.45) is 13.0 Å². The zero-order valence-electron chi connectivity index (χ0n) is 8.04. The van der Waals surface area contributed by atoms with E-state index in [0.29, 0.717) is 5.82 Å². The van der Waals surface area contributed by atoms with E-state index in [-0.39, 0.29) is 12.3 Å². The SMILES string of the molecule is Cn1nnc(CC(O)C(O)C2CC2)n1. The van der Waals surface area contributed by atoms with Crippen molar-refractivity contribution in [2.45, 2.75) is 31.5 Å². The molecule has 0 spiro atoms. The van der Waals surface area contributed by atoms with Crippen LogP contribution in [-0.2, 0) is 13.5 Å². The van der Waals surface area contributed by atoms with Crippen molar-refractivity contribution in [1.82, 2.24) is 20.2 Å². The molecule has 0 saturated heterocycles. The van der Waals surface area contributed by atoms with Crippen LogP contribution in [0, 0.1) is 5.92 Å². The molecule has 6 heteroatoms. The van der Waals surface area contributed by atoms with E-state index >= 15 is 0 Å². The van der Waals surface area contributed by atoms with Gasteiger partial charge in [0.1, 0.15) is 0 Å². The molecule has 0 aliphatic heterocycles. The van der Waals surface area contributed by atoms with Crippen LogP contribution in [0.15, 0.2) is 0 Å². The van der Waals surface area contributed by atoms with Crippen LogP contribution in [0.1, 0.15) is 18.7 Å². The quantitative estimate of drug-likeness (QED) is 0.640. The molecule has 0 amide bonds. The molecule has 14 heavy (non-hydrogen) atoms. The summed E-state index contributed by atoms with van der Waals surface area (Å²) in [4.78, 5) is 1.34. The average molecular weight is 198 g/mol. The molecule has 1 heterocycles. The van der Waals surface area contributed by atoms with E-state index in [2.05, 4.69) is 15.4 Å². The van der Waals surface area contributed by atoms with Crippen molar-refractivity contribution >= 4 is 0 Å². The minimum atomic E-state index is -0.772. The van der Waals surface area contributed by atoms with Gasteiger partial charge in [-0.05, 0) is 24.0 Å². The van der Waals surface area contributed by atoms with Crippen LogP contribution in [0.25, 0.3) is 0 Å². The van der Waals surface area contributed by atoms with Crippen molar-refractivity contribution in [1.29, 1.82) is 0 Å². The summed E-state index contributed by atoms with van der Waals surface area (Å²) < 4.78 is 0. The smallest absolute Gasteiger partial charge is 0.177 e. The van der Waals surface area contributed by atoms with Gasteiger partial charge in [-0.15, -0.1) is 10.2 Å². The molecule has 0 bridgehead atoms. The summed E-state index contributed by atoms with van der Waals surface area (Å²) in [5.41, 5.74) is 0. The maximum atomic E-state index is 9.62. The predicted octanol–water partition coefficient (Wildman–Crippen LogP) is -1.12.